The van der Waals surface area contributed by atoms with E-state index in [-0.39, 0.29) is 5.56 Å². The molecule has 3 rings (SSSR count). The number of aryl methyl sites for hydroxylation is 1. The molecule has 0 bridgehead atoms. The standard InChI is InChI=1S/C19H18N4O2/c1-4-23(14-6-8-15(25-3)9-7-14)17-11-18(24)22(2)16-10-5-13(12-20)21-19(16)17/h5-11H,4H2,1-3H3. The first-order chi connectivity index (χ1) is 12.1. The number of nitriles is 1. The summed E-state index contributed by atoms with van der Waals surface area (Å²) in [6.45, 7) is 2.65. The van der Waals surface area contributed by atoms with Crippen LogP contribution in [0, 0.1) is 11.3 Å². The summed E-state index contributed by atoms with van der Waals surface area (Å²) in [5, 5.41) is 9.17. The number of ether oxygens (including phenoxy) is 1. The maximum Gasteiger partial charge on any atom is 0.252 e. The van der Waals surface area contributed by atoms with Gasteiger partial charge in [0.2, 0.25) is 0 Å². The van der Waals surface area contributed by atoms with Crippen LogP contribution in [0.3, 0.4) is 0 Å². The van der Waals surface area contributed by atoms with Gasteiger partial charge in [0.1, 0.15) is 23.0 Å². The third-order valence-corrected chi connectivity index (χ3v) is 4.17. The summed E-state index contributed by atoms with van der Waals surface area (Å²) < 4.78 is 6.74. The Labute approximate surface area is 145 Å². The molecule has 6 heteroatoms. The first-order valence-corrected chi connectivity index (χ1v) is 7.91. The summed E-state index contributed by atoms with van der Waals surface area (Å²) in [5.74, 6) is 0.763. The predicted molar refractivity (Wildman–Crippen MR) is 97.4 cm³/mol. The summed E-state index contributed by atoms with van der Waals surface area (Å²) in [6.07, 6.45) is 0. The molecule has 0 aliphatic rings. The van der Waals surface area contributed by atoms with Crippen molar-refractivity contribution in [1.29, 1.82) is 5.26 Å². The van der Waals surface area contributed by atoms with E-state index in [2.05, 4.69) is 11.1 Å². The lowest BCUT2D eigenvalue weighted by Crippen LogP contribution is -2.23. The fourth-order valence-electron chi connectivity index (χ4n) is 2.83. The zero-order valence-electron chi connectivity index (χ0n) is 14.4. The zero-order chi connectivity index (χ0) is 18.0. The van der Waals surface area contributed by atoms with E-state index in [0.717, 1.165) is 11.4 Å². The van der Waals surface area contributed by atoms with Gasteiger partial charge in [0.15, 0.2) is 0 Å². The Hall–Kier alpha value is -3.33. The van der Waals surface area contributed by atoms with Gasteiger partial charge in [0.25, 0.3) is 5.56 Å². The van der Waals surface area contributed by atoms with Gasteiger partial charge in [-0.1, -0.05) is 0 Å². The molecule has 126 valence electrons. The second kappa shape index (κ2) is 6.65. The van der Waals surface area contributed by atoms with Gasteiger partial charge < -0.3 is 14.2 Å². The maximum atomic E-state index is 12.4. The molecule has 0 amide bonds. The summed E-state index contributed by atoms with van der Waals surface area (Å²) >= 11 is 0. The van der Waals surface area contributed by atoms with E-state index in [4.69, 9.17) is 4.74 Å². The Kier molecular flexibility index (Phi) is 4.40. The number of hydrogen-bond donors (Lipinski definition) is 0. The quantitative estimate of drug-likeness (QED) is 0.733. The Bertz CT molecular complexity index is 1020. The lowest BCUT2D eigenvalue weighted by molar-refractivity contribution is 0.415. The van der Waals surface area contributed by atoms with Crippen molar-refractivity contribution in [2.75, 3.05) is 18.6 Å². The highest BCUT2D eigenvalue weighted by atomic mass is 16.5. The molecule has 2 aromatic heterocycles. The molecular formula is C19H18N4O2. The van der Waals surface area contributed by atoms with Crippen LogP contribution in [0.25, 0.3) is 11.0 Å². The number of rotatable bonds is 4. The molecule has 0 radical (unpaired) electrons. The molecule has 0 N–H and O–H groups in total. The van der Waals surface area contributed by atoms with Crippen LogP contribution < -0.4 is 15.2 Å². The largest absolute Gasteiger partial charge is 0.497 e. The molecule has 0 aliphatic carbocycles. The number of nitrogens with zero attached hydrogens (tertiary/aromatic N) is 4. The molecule has 0 saturated heterocycles. The van der Waals surface area contributed by atoms with Gasteiger partial charge in [0, 0.05) is 25.3 Å². The minimum absolute atomic E-state index is 0.124. The summed E-state index contributed by atoms with van der Waals surface area (Å²) in [4.78, 5) is 18.8. The minimum atomic E-state index is -0.124. The first kappa shape index (κ1) is 16.5. The van der Waals surface area contributed by atoms with Crippen molar-refractivity contribution in [3.63, 3.8) is 0 Å². The number of methoxy groups -OCH3 is 1. The van der Waals surface area contributed by atoms with Crippen LogP contribution in [0.1, 0.15) is 12.6 Å². The Morgan fingerprint density at radius 3 is 2.56 bits per heavy atom. The highest BCUT2D eigenvalue weighted by Crippen LogP contribution is 2.30. The topological polar surface area (TPSA) is 71.2 Å². The molecule has 6 nitrogen and oxygen atoms in total. The Morgan fingerprint density at radius 1 is 1.24 bits per heavy atom. The average molecular weight is 334 g/mol. The van der Waals surface area contributed by atoms with Crippen LogP contribution in [-0.4, -0.2) is 23.2 Å². The predicted octanol–water partition coefficient (Wildman–Crippen LogP) is 2.97. The van der Waals surface area contributed by atoms with Gasteiger partial charge in [0.05, 0.1) is 18.3 Å². The van der Waals surface area contributed by atoms with Gasteiger partial charge in [-0.05, 0) is 43.3 Å². The van der Waals surface area contributed by atoms with Crippen molar-refractivity contribution in [3.8, 4) is 11.8 Å². The lowest BCUT2D eigenvalue weighted by Gasteiger charge is -2.25. The third kappa shape index (κ3) is 2.92. The minimum Gasteiger partial charge on any atom is -0.497 e. The number of fused-ring (bicyclic) bond motifs is 1. The monoisotopic (exact) mass is 334 g/mol. The van der Waals surface area contributed by atoms with Crippen molar-refractivity contribution in [2.45, 2.75) is 6.92 Å². The van der Waals surface area contributed by atoms with E-state index in [1.54, 1.807) is 32.4 Å². The van der Waals surface area contributed by atoms with Gasteiger partial charge in [-0.15, -0.1) is 0 Å². The lowest BCUT2D eigenvalue weighted by atomic mass is 10.2. The fourth-order valence-corrected chi connectivity index (χ4v) is 2.83. The van der Waals surface area contributed by atoms with Crippen LogP contribution in [0.2, 0.25) is 0 Å². The Morgan fingerprint density at radius 2 is 1.96 bits per heavy atom. The SMILES string of the molecule is CCN(c1ccc(OC)cc1)c1cc(=O)n(C)c2ccc(C#N)nc12. The first-order valence-electron chi connectivity index (χ1n) is 7.91. The molecule has 0 unspecified atom stereocenters. The second-order valence-corrected chi connectivity index (χ2v) is 5.55. The number of anilines is 2. The van der Waals surface area contributed by atoms with Crippen molar-refractivity contribution >= 4 is 22.4 Å². The molecule has 0 saturated carbocycles. The van der Waals surface area contributed by atoms with Crippen LogP contribution in [-0.2, 0) is 7.05 Å². The number of pyridine rings is 2. The molecule has 0 spiro atoms. The fraction of sp³-hybridized carbons (Fsp3) is 0.211. The normalized spacial score (nSPS) is 10.5. The Balaban J connectivity index is 2.25. The molecular weight excluding hydrogens is 316 g/mol. The van der Waals surface area contributed by atoms with Gasteiger partial charge in [-0.3, -0.25) is 4.79 Å². The van der Waals surface area contributed by atoms with Crippen LogP contribution in [0.5, 0.6) is 5.75 Å². The van der Waals surface area contributed by atoms with Crippen LogP contribution in [0.15, 0.2) is 47.3 Å². The van der Waals surface area contributed by atoms with E-state index in [0.29, 0.717) is 29.0 Å². The highest BCUT2D eigenvalue weighted by Gasteiger charge is 2.16. The van der Waals surface area contributed by atoms with Crippen molar-refractivity contribution in [3.05, 3.63) is 58.5 Å². The van der Waals surface area contributed by atoms with E-state index in [1.807, 2.05) is 36.1 Å². The molecule has 0 atom stereocenters. The number of benzene rings is 1. The summed E-state index contributed by atoms with van der Waals surface area (Å²) in [6, 6.07) is 14.6. The molecule has 0 fully saturated rings. The average Bonchev–Trinajstić information content (AvgIpc) is 2.66. The van der Waals surface area contributed by atoms with Gasteiger partial charge >= 0.3 is 0 Å². The van der Waals surface area contributed by atoms with Gasteiger partial charge in [-0.2, -0.15) is 5.26 Å². The van der Waals surface area contributed by atoms with Crippen molar-refractivity contribution in [2.24, 2.45) is 7.05 Å². The molecule has 2 heterocycles. The molecule has 0 aliphatic heterocycles. The third-order valence-electron chi connectivity index (χ3n) is 4.17. The van der Waals surface area contributed by atoms with E-state index in [1.165, 1.54) is 4.57 Å². The van der Waals surface area contributed by atoms with Gasteiger partial charge in [-0.25, -0.2) is 4.98 Å². The number of hydrogen-bond acceptors (Lipinski definition) is 5. The zero-order valence-corrected chi connectivity index (χ0v) is 14.4. The number of aromatic nitrogens is 2. The van der Waals surface area contributed by atoms with E-state index in [9.17, 15) is 10.1 Å². The molecule has 25 heavy (non-hydrogen) atoms. The maximum absolute atomic E-state index is 12.4. The highest BCUT2D eigenvalue weighted by molar-refractivity contribution is 5.91. The summed E-state index contributed by atoms with van der Waals surface area (Å²) in [7, 11) is 3.32. The second-order valence-electron chi connectivity index (χ2n) is 5.55. The van der Waals surface area contributed by atoms with Crippen molar-refractivity contribution < 1.29 is 4.74 Å². The van der Waals surface area contributed by atoms with E-state index >= 15 is 0 Å². The summed E-state index contributed by atoms with van der Waals surface area (Å²) in [5.41, 5.74) is 3.11. The van der Waals surface area contributed by atoms with Crippen LogP contribution >= 0.6 is 0 Å². The molecule has 1 aromatic carbocycles. The van der Waals surface area contributed by atoms with E-state index < -0.39 is 0 Å². The molecule has 3 aromatic rings. The van der Waals surface area contributed by atoms with Crippen molar-refractivity contribution in [1.82, 2.24) is 9.55 Å². The van der Waals surface area contributed by atoms with Crippen LogP contribution in [0.4, 0.5) is 11.4 Å². The smallest absolute Gasteiger partial charge is 0.252 e.